The molecule has 0 bridgehead atoms. The predicted molar refractivity (Wildman–Crippen MR) is 74.1 cm³/mol. The molecular formula is C14H20N2O3. The first-order valence-electron chi connectivity index (χ1n) is 6.59. The summed E-state index contributed by atoms with van der Waals surface area (Å²) in [5.74, 6) is -0.240. The number of carboxylic acid groups (broad SMARTS) is 1. The van der Waals surface area contributed by atoms with Crippen LogP contribution < -0.4 is 15.4 Å². The molecule has 19 heavy (non-hydrogen) atoms. The van der Waals surface area contributed by atoms with Crippen LogP contribution >= 0.6 is 0 Å². The number of methoxy groups -OCH3 is 1. The number of rotatable bonds is 4. The van der Waals surface area contributed by atoms with Gasteiger partial charge in [0.15, 0.2) is 0 Å². The number of carboxylic acids is 1. The molecule has 5 nitrogen and oxygen atoms in total. The number of hydrogen-bond acceptors (Lipinski definition) is 4. The lowest BCUT2D eigenvalue weighted by Gasteiger charge is -2.19. The molecule has 1 fully saturated rings. The molecule has 0 amide bonds. The van der Waals surface area contributed by atoms with Gasteiger partial charge in [0.1, 0.15) is 5.75 Å². The Morgan fingerprint density at radius 3 is 3.00 bits per heavy atom. The van der Waals surface area contributed by atoms with Gasteiger partial charge >= 0.3 is 5.97 Å². The van der Waals surface area contributed by atoms with E-state index in [0.717, 1.165) is 38.0 Å². The second-order valence-corrected chi connectivity index (χ2v) is 4.74. The first-order valence-corrected chi connectivity index (χ1v) is 6.59. The minimum atomic E-state index is -0.923. The molecule has 0 saturated carbocycles. The molecule has 1 aliphatic heterocycles. The Labute approximate surface area is 113 Å². The van der Waals surface area contributed by atoms with Gasteiger partial charge < -0.3 is 20.5 Å². The maximum atomic E-state index is 11.0. The average molecular weight is 264 g/mol. The number of benzene rings is 1. The summed E-state index contributed by atoms with van der Waals surface area (Å²) in [6, 6.07) is 5.24. The van der Waals surface area contributed by atoms with E-state index in [9.17, 15) is 4.79 Å². The van der Waals surface area contributed by atoms with Crippen LogP contribution in [0.2, 0.25) is 0 Å². The molecule has 2 rings (SSSR count). The van der Waals surface area contributed by atoms with E-state index >= 15 is 0 Å². The van der Waals surface area contributed by atoms with E-state index in [0.29, 0.717) is 11.8 Å². The third-order valence-electron chi connectivity index (χ3n) is 3.38. The van der Waals surface area contributed by atoms with Gasteiger partial charge in [-0.05, 0) is 50.6 Å². The third-order valence-corrected chi connectivity index (χ3v) is 3.38. The molecule has 0 aromatic heterocycles. The molecule has 0 spiro atoms. The molecule has 3 N–H and O–H groups in total. The van der Waals surface area contributed by atoms with Crippen LogP contribution in [0.5, 0.6) is 5.75 Å². The zero-order valence-electron chi connectivity index (χ0n) is 11.1. The standard InChI is InChI=1S/C14H20N2O3/c1-19-13-5-4-10(14(17)18)9-12(13)16-11-3-2-7-15-8-6-11/h4-5,9,11,15-16H,2-3,6-8H2,1H3,(H,17,18). The largest absolute Gasteiger partial charge is 0.495 e. The summed E-state index contributed by atoms with van der Waals surface area (Å²) in [5, 5.41) is 15.8. The van der Waals surface area contributed by atoms with E-state index in [-0.39, 0.29) is 5.56 Å². The topological polar surface area (TPSA) is 70.6 Å². The Hall–Kier alpha value is -1.75. The van der Waals surface area contributed by atoms with E-state index in [1.807, 2.05) is 0 Å². The van der Waals surface area contributed by atoms with Gasteiger partial charge in [0.25, 0.3) is 0 Å². The van der Waals surface area contributed by atoms with Crippen molar-refractivity contribution < 1.29 is 14.6 Å². The number of hydrogen-bond donors (Lipinski definition) is 3. The highest BCUT2D eigenvalue weighted by Gasteiger charge is 2.15. The van der Waals surface area contributed by atoms with Crippen LogP contribution in [0.15, 0.2) is 18.2 Å². The van der Waals surface area contributed by atoms with Gasteiger partial charge in [0, 0.05) is 6.04 Å². The quantitative estimate of drug-likeness (QED) is 0.775. The summed E-state index contributed by atoms with van der Waals surface area (Å²) >= 11 is 0. The van der Waals surface area contributed by atoms with Gasteiger partial charge in [-0.3, -0.25) is 0 Å². The molecule has 104 valence electrons. The van der Waals surface area contributed by atoms with Crippen LogP contribution in [-0.2, 0) is 0 Å². The Bertz CT molecular complexity index is 440. The highest BCUT2D eigenvalue weighted by Crippen LogP contribution is 2.27. The Morgan fingerprint density at radius 1 is 1.42 bits per heavy atom. The molecule has 1 atom stereocenters. The van der Waals surface area contributed by atoms with Crippen molar-refractivity contribution in [3.63, 3.8) is 0 Å². The summed E-state index contributed by atoms with van der Waals surface area (Å²) in [6.07, 6.45) is 3.23. The van der Waals surface area contributed by atoms with Crippen molar-refractivity contribution in [2.75, 3.05) is 25.5 Å². The zero-order valence-corrected chi connectivity index (χ0v) is 11.1. The number of anilines is 1. The Morgan fingerprint density at radius 2 is 2.26 bits per heavy atom. The highest BCUT2D eigenvalue weighted by molar-refractivity contribution is 5.89. The van der Waals surface area contributed by atoms with Crippen molar-refractivity contribution in [2.24, 2.45) is 0 Å². The van der Waals surface area contributed by atoms with Gasteiger partial charge in [0.2, 0.25) is 0 Å². The summed E-state index contributed by atoms with van der Waals surface area (Å²) in [7, 11) is 1.59. The SMILES string of the molecule is COc1ccc(C(=O)O)cc1NC1CCCNCC1. The normalized spacial score (nSPS) is 19.5. The predicted octanol–water partition coefficient (Wildman–Crippen LogP) is 1.95. The van der Waals surface area contributed by atoms with Crippen molar-refractivity contribution >= 4 is 11.7 Å². The van der Waals surface area contributed by atoms with Crippen LogP contribution in [-0.4, -0.2) is 37.3 Å². The van der Waals surface area contributed by atoms with Gasteiger partial charge in [0.05, 0.1) is 18.4 Å². The molecule has 1 saturated heterocycles. The fourth-order valence-electron chi connectivity index (χ4n) is 2.34. The number of carbonyl (C=O) groups is 1. The minimum Gasteiger partial charge on any atom is -0.495 e. The molecule has 0 aliphatic carbocycles. The number of aromatic carboxylic acids is 1. The zero-order chi connectivity index (χ0) is 13.7. The summed E-state index contributed by atoms with van der Waals surface area (Å²) in [6.45, 7) is 2.03. The van der Waals surface area contributed by atoms with E-state index in [2.05, 4.69) is 10.6 Å². The van der Waals surface area contributed by atoms with Gasteiger partial charge in [-0.25, -0.2) is 4.79 Å². The molecule has 1 aromatic rings. The van der Waals surface area contributed by atoms with Crippen molar-refractivity contribution in [1.29, 1.82) is 0 Å². The lowest BCUT2D eigenvalue weighted by atomic mass is 10.1. The van der Waals surface area contributed by atoms with Crippen LogP contribution in [0.4, 0.5) is 5.69 Å². The maximum absolute atomic E-state index is 11.0. The van der Waals surface area contributed by atoms with E-state index in [1.165, 1.54) is 0 Å². The number of ether oxygens (including phenoxy) is 1. The molecule has 0 radical (unpaired) electrons. The molecule has 5 heteroatoms. The van der Waals surface area contributed by atoms with Crippen LogP contribution in [0.3, 0.4) is 0 Å². The molecule has 1 heterocycles. The second kappa shape index (κ2) is 6.43. The lowest BCUT2D eigenvalue weighted by Crippen LogP contribution is -2.22. The van der Waals surface area contributed by atoms with Crippen LogP contribution in [0.1, 0.15) is 29.6 Å². The van der Waals surface area contributed by atoms with E-state index in [4.69, 9.17) is 9.84 Å². The van der Waals surface area contributed by atoms with Gasteiger partial charge in [-0.2, -0.15) is 0 Å². The van der Waals surface area contributed by atoms with Crippen LogP contribution in [0, 0.1) is 0 Å². The first kappa shape index (κ1) is 13.7. The van der Waals surface area contributed by atoms with Gasteiger partial charge in [-0.15, -0.1) is 0 Å². The molecular weight excluding hydrogens is 244 g/mol. The maximum Gasteiger partial charge on any atom is 0.335 e. The van der Waals surface area contributed by atoms with Crippen LogP contribution in [0.25, 0.3) is 0 Å². The summed E-state index contributed by atoms with van der Waals surface area (Å²) in [5.41, 5.74) is 1.03. The fraction of sp³-hybridized carbons (Fsp3) is 0.500. The third kappa shape index (κ3) is 3.61. The first-order chi connectivity index (χ1) is 9.20. The van der Waals surface area contributed by atoms with Crippen molar-refractivity contribution in [3.8, 4) is 5.75 Å². The summed E-state index contributed by atoms with van der Waals surface area (Å²) in [4.78, 5) is 11.0. The molecule has 1 aliphatic rings. The summed E-state index contributed by atoms with van der Waals surface area (Å²) < 4.78 is 5.28. The lowest BCUT2D eigenvalue weighted by molar-refractivity contribution is 0.0697. The average Bonchev–Trinajstić information content (AvgIpc) is 2.67. The van der Waals surface area contributed by atoms with E-state index in [1.54, 1.807) is 25.3 Å². The van der Waals surface area contributed by atoms with Crippen molar-refractivity contribution in [1.82, 2.24) is 5.32 Å². The van der Waals surface area contributed by atoms with E-state index < -0.39 is 5.97 Å². The van der Waals surface area contributed by atoms with Crippen molar-refractivity contribution in [2.45, 2.75) is 25.3 Å². The fourth-order valence-corrected chi connectivity index (χ4v) is 2.34. The van der Waals surface area contributed by atoms with Gasteiger partial charge in [-0.1, -0.05) is 0 Å². The Balaban J connectivity index is 2.16. The molecule has 1 unspecified atom stereocenters. The van der Waals surface area contributed by atoms with Crippen molar-refractivity contribution in [3.05, 3.63) is 23.8 Å². The second-order valence-electron chi connectivity index (χ2n) is 4.74. The number of nitrogens with one attached hydrogen (secondary N) is 2. The Kier molecular flexibility index (Phi) is 4.63. The monoisotopic (exact) mass is 264 g/mol. The minimum absolute atomic E-state index is 0.273. The highest BCUT2D eigenvalue weighted by atomic mass is 16.5. The molecule has 1 aromatic carbocycles. The smallest absolute Gasteiger partial charge is 0.335 e.